The van der Waals surface area contributed by atoms with Gasteiger partial charge in [-0.15, -0.1) is 0 Å². The van der Waals surface area contributed by atoms with Gasteiger partial charge in [0.05, 0.1) is 6.61 Å². The van der Waals surface area contributed by atoms with Gasteiger partial charge in [-0.2, -0.15) is 0 Å². The molecule has 0 atom stereocenters. The van der Waals surface area contributed by atoms with E-state index >= 15 is 0 Å². The van der Waals surface area contributed by atoms with Gasteiger partial charge in [-0.1, -0.05) is 59.3 Å². The highest BCUT2D eigenvalue weighted by Crippen LogP contribution is 2.40. The van der Waals surface area contributed by atoms with Crippen LogP contribution >= 0.6 is 0 Å². The Kier molecular flexibility index (Phi) is 11.9. The molecule has 0 N–H and O–H groups in total. The average Bonchev–Trinajstić information content (AvgIpc) is 2.44. The zero-order valence-corrected chi connectivity index (χ0v) is 14.3. The molecule has 2 heteroatoms. The van der Waals surface area contributed by atoms with Crippen molar-refractivity contribution in [3.05, 3.63) is 0 Å². The minimum absolute atomic E-state index is 0.147. The van der Waals surface area contributed by atoms with Gasteiger partial charge in [0.25, 0.3) is 0 Å². The molecule has 0 saturated heterocycles. The molecular formula is C18H36O2. The number of hydrogen-bond donors (Lipinski definition) is 0. The molecule has 0 aromatic rings. The molecule has 0 radical (unpaired) electrons. The zero-order valence-electron chi connectivity index (χ0n) is 14.3. The number of ether oxygens (including phenoxy) is 1. The molecule has 0 amide bonds. The van der Waals surface area contributed by atoms with E-state index in [1.165, 1.54) is 71.1 Å². The van der Waals surface area contributed by atoms with E-state index in [0.29, 0.717) is 12.0 Å². The number of rotatable bonds is 13. The number of carbonyl (C=O) groups is 1. The Morgan fingerprint density at radius 3 is 1.55 bits per heavy atom. The van der Waals surface area contributed by atoms with E-state index in [-0.39, 0.29) is 5.97 Å². The van der Waals surface area contributed by atoms with Crippen LogP contribution in [-0.2, 0) is 9.53 Å². The van der Waals surface area contributed by atoms with Crippen LogP contribution in [0.3, 0.4) is 0 Å². The van der Waals surface area contributed by atoms with E-state index in [2.05, 4.69) is 20.8 Å². The Bertz CT molecular complexity index is 214. The van der Waals surface area contributed by atoms with Gasteiger partial charge >= 0.3 is 5.97 Å². The molecule has 0 aliphatic carbocycles. The predicted octanol–water partition coefficient (Wildman–Crippen LogP) is 5.89. The lowest BCUT2D eigenvalue weighted by Crippen LogP contribution is -2.22. The molecule has 0 aliphatic rings. The van der Waals surface area contributed by atoms with Crippen molar-refractivity contribution in [2.24, 2.45) is 5.41 Å². The Labute approximate surface area is 126 Å². The first-order valence-corrected chi connectivity index (χ1v) is 8.73. The van der Waals surface area contributed by atoms with Crippen LogP contribution in [0, 0.1) is 5.41 Å². The highest BCUT2D eigenvalue weighted by molar-refractivity contribution is 5.65. The van der Waals surface area contributed by atoms with Crippen molar-refractivity contribution >= 4 is 5.97 Å². The molecule has 0 aromatic heterocycles. The van der Waals surface area contributed by atoms with Crippen LogP contribution in [0.1, 0.15) is 98.3 Å². The molecule has 0 heterocycles. The van der Waals surface area contributed by atoms with Gasteiger partial charge in [-0.3, -0.25) is 4.79 Å². The van der Waals surface area contributed by atoms with E-state index in [1.54, 1.807) is 0 Å². The summed E-state index contributed by atoms with van der Waals surface area (Å²) >= 11 is 0. The average molecular weight is 284 g/mol. The Hall–Kier alpha value is -0.530. The third-order valence-corrected chi connectivity index (χ3v) is 4.34. The lowest BCUT2D eigenvalue weighted by Gasteiger charge is -2.34. The maximum Gasteiger partial charge on any atom is 0.302 e. The van der Waals surface area contributed by atoms with Crippen LogP contribution in [0.25, 0.3) is 0 Å². The third kappa shape index (κ3) is 9.39. The van der Waals surface area contributed by atoms with Crippen molar-refractivity contribution in [1.29, 1.82) is 0 Å². The standard InChI is InChI=1S/C18H36O2/c1-5-8-12-18(13-9-6-2,14-10-7-3)15-11-16-20-17(4)19/h5-16H2,1-4H3. The fourth-order valence-electron chi connectivity index (χ4n) is 3.07. The molecule has 0 aliphatic heterocycles. The highest BCUT2D eigenvalue weighted by Gasteiger charge is 2.27. The van der Waals surface area contributed by atoms with Gasteiger partial charge in [0.15, 0.2) is 0 Å². The normalized spacial score (nSPS) is 11.6. The summed E-state index contributed by atoms with van der Waals surface area (Å²) in [5, 5.41) is 0. The number of unbranched alkanes of at least 4 members (excludes halogenated alkanes) is 3. The monoisotopic (exact) mass is 284 g/mol. The van der Waals surface area contributed by atoms with Crippen LogP contribution in [0.15, 0.2) is 0 Å². The first-order chi connectivity index (χ1) is 9.60. The Balaban J connectivity index is 4.44. The maximum absolute atomic E-state index is 10.9. The van der Waals surface area contributed by atoms with Crippen molar-refractivity contribution in [2.75, 3.05) is 6.61 Å². The smallest absolute Gasteiger partial charge is 0.302 e. The van der Waals surface area contributed by atoms with Gasteiger partial charge in [0.2, 0.25) is 0 Å². The molecule has 0 rings (SSSR count). The molecule has 20 heavy (non-hydrogen) atoms. The molecule has 0 fully saturated rings. The van der Waals surface area contributed by atoms with E-state index in [0.717, 1.165) is 6.42 Å². The summed E-state index contributed by atoms with van der Waals surface area (Å²) in [7, 11) is 0. The summed E-state index contributed by atoms with van der Waals surface area (Å²) in [5.74, 6) is -0.147. The SMILES string of the molecule is CCCCC(CCCC)(CCCC)CCCOC(C)=O. The summed E-state index contributed by atoms with van der Waals surface area (Å²) in [5.41, 5.74) is 0.502. The summed E-state index contributed by atoms with van der Waals surface area (Å²) in [6.45, 7) is 8.94. The lowest BCUT2D eigenvalue weighted by atomic mass is 9.71. The summed E-state index contributed by atoms with van der Waals surface area (Å²) < 4.78 is 5.11. The zero-order chi connectivity index (χ0) is 15.3. The summed E-state index contributed by atoms with van der Waals surface area (Å²) in [6, 6.07) is 0. The van der Waals surface area contributed by atoms with Gasteiger partial charge in [0.1, 0.15) is 0 Å². The fourth-order valence-corrected chi connectivity index (χ4v) is 3.07. The second kappa shape index (κ2) is 12.2. The quantitative estimate of drug-likeness (QED) is 0.311. The molecule has 2 nitrogen and oxygen atoms in total. The first kappa shape index (κ1) is 19.5. The second-order valence-corrected chi connectivity index (χ2v) is 6.25. The molecule has 0 spiro atoms. The van der Waals surface area contributed by atoms with Crippen molar-refractivity contribution in [3.63, 3.8) is 0 Å². The number of hydrogen-bond acceptors (Lipinski definition) is 2. The van der Waals surface area contributed by atoms with Crippen molar-refractivity contribution < 1.29 is 9.53 Å². The third-order valence-electron chi connectivity index (χ3n) is 4.34. The first-order valence-electron chi connectivity index (χ1n) is 8.73. The Morgan fingerprint density at radius 1 is 0.800 bits per heavy atom. The number of esters is 1. The van der Waals surface area contributed by atoms with Crippen LogP contribution in [0.2, 0.25) is 0 Å². The highest BCUT2D eigenvalue weighted by atomic mass is 16.5. The summed E-state index contributed by atoms with van der Waals surface area (Å²) in [4.78, 5) is 10.9. The maximum atomic E-state index is 10.9. The van der Waals surface area contributed by atoms with E-state index in [4.69, 9.17) is 4.74 Å². The van der Waals surface area contributed by atoms with Gasteiger partial charge in [-0.05, 0) is 37.5 Å². The van der Waals surface area contributed by atoms with Crippen molar-refractivity contribution in [2.45, 2.75) is 98.3 Å². The molecule has 0 aromatic carbocycles. The molecule has 120 valence electrons. The second-order valence-electron chi connectivity index (χ2n) is 6.25. The van der Waals surface area contributed by atoms with Crippen LogP contribution in [0.5, 0.6) is 0 Å². The minimum Gasteiger partial charge on any atom is -0.466 e. The largest absolute Gasteiger partial charge is 0.466 e. The lowest BCUT2D eigenvalue weighted by molar-refractivity contribution is -0.141. The van der Waals surface area contributed by atoms with Crippen LogP contribution < -0.4 is 0 Å². The van der Waals surface area contributed by atoms with Gasteiger partial charge in [0, 0.05) is 6.92 Å². The van der Waals surface area contributed by atoms with E-state index < -0.39 is 0 Å². The van der Waals surface area contributed by atoms with Crippen molar-refractivity contribution in [3.8, 4) is 0 Å². The Morgan fingerprint density at radius 2 is 1.20 bits per heavy atom. The predicted molar refractivity (Wildman–Crippen MR) is 86.9 cm³/mol. The van der Waals surface area contributed by atoms with E-state index in [9.17, 15) is 4.79 Å². The summed E-state index contributed by atoms with van der Waals surface area (Å²) in [6.07, 6.45) is 14.1. The van der Waals surface area contributed by atoms with Gasteiger partial charge in [-0.25, -0.2) is 0 Å². The topological polar surface area (TPSA) is 26.3 Å². The fraction of sp³-hybridized carbons (Fsp3) is 0.944. The molecule has 0 saturated carbocycles. The van der Waals surface area contributed by atoms with E-state index in [1.807, 2.05) is 0 Å². The molecule has 0 bridgehead atoms. The van der Waals surface area contributed by atoms with Crippen LogP contribution in [-0.4, -0.2) is 12.6 Å². The molecular weight excluding hydrogens is 248 g/mol. The van der Waals surface area contributed by atoms with Crippen molar-refractivity contribution in [1.82, 2.24) is 0 Å². The number of carbonyl (C=O) groups excluding carboxylic acids is 1. The molecule has 0 unspecified atom stereocenters. The van der Waals surface area contributed by atoms with Gasteiger partial charge < -0.3 is 4.74 Å². The van der Waals surface area contributed by atoms with Crippen LogP contribution in [0.4, 0.5) is 0 Å². The minimum atomic E-state index is -0.147.